The Morgan fingerprint density at radius 3 is 2.94 bits per heavy atom. The zero-order valence-electron chi connectivity index (χ0n) is 9.36. The standard InChI is InChI=1S/C13H15NO2/c1-14-7-5-9-11(6-8-14)16-12-4-2-3-10(15)13(9)12/h2-4,15H,5-8H2,1H3. The van der Waals surface area contributed by atoms with Gasteiger partial charge in [-0.25, -0.2) is 0 Å². The Balaban J connectivity index is 2.20. The first-order valence-electron chi connectivity index (χ1n) is 5.66. The number of rotatable bonds is 0. The fraction of sp³-hybridized carbons (Fsp3) is 0.385. The van der Waals surface area contributed by atoms with E-state index >= 15 is 0 Å². The molecule has 1 N–H and O–H groups in total. The highest BCUT2D eigenvalue weighted by atomic mass is 16.3. The van der Waals surface area contributed by atoms with Crippen LogP contribution in [0.4, 0.5) is 0 Å². The van der Waals surface area contributed by atoms with Crippen LogP contribution in [0, 0.1) is 0 Å². The van der Waals surface area contributed by atoms with Gasteiger partial charge >= 0.3 is 0 Å². The molecule has 0 bridgehead atoms. The van der Waals surface area contributed by atoms with Crippen molar-refractivity contribution in [3.05, 3.63) is 29.5 Å². The van der Waals surface area contributed by atoms with Crippen LogP contribution < -0.4 is 0 Å². The highest BCUT2D eigenvalue weighted by molar-refractivity contribution is 5.88. The summed E-state index contributed by atoms with van der Waals surface area (Å²) in [7, 11) is 2.12. The average Bonchev–Trinajstić information content (AvgIpc) is 2.54. The number of likely N-dealkylation sites (N-methyl/N-ethyl adjacent to an activating group) is 1. The van der Waals surface area contributed by atoms with Crippen molar-refractivity contribution < 1.29 is 9.52 Å². The zero-order chi connectivity index (χ0) is 11.1. The second-order valence-electron chi connectivity index (χ2n) is 4.46. The Labute approximate surface area is 94.3 Å². The summed E-state index contributed by atoms with van der Waals surface area (Å²) < 4.78 is 5.81. The Morgan fingerprint density at radius 2 is 2.06 bits per heavy atom. The molecule has 3 rings (SSSR count). The second kappa shape index (κ2) is 3.52. The van der Waals surface area contributed by atoms with E-state index in [0.717, 1.165) is 42.7 Å². The SMILES string of the molecule is CN1CCc2oc3cccc(O)c3c2CC1. The number of hydrogen-bond acceptors (Lipinski definition) is 3. The summed E-state index contributed by atoms with van der Waals surface area (Å²) in [6, 6.07) is 5.48. The molecule has 3 heteroatoms. The first-order chi connectivity index (χ1) is 7.75. The predicted octanol–water partition coefficient (Wildman–Crippen LogP) is 2.17. The molecule has 16 heavy (non-hydrogen) atoms. The van der Waals surface area contributed by atoms with Crippen LogP contribution in [0.25, 0.3) is 11.0 Å². The number of hydrogen-bond donors (Lipinski definition) is 1. The van der Waals surface area contributed by atoms with E-state index in [-0.39, 0.29) is 0 Å². The number of phenolic OH excluding ortho intramolecular Hbond substituents is 1. The van der Waals surface area contributed by atoms with Gasteiger partial charge in [-0.1, -0.05) is 6.07 Å². The highest BCUT2D eigenvalue weighted by Crippen LogP contribution is 2.34. The van der Waals surface area contributed by atoms with E-state index in [0.29, 0.717) is 5.75 Å². The topological polar surface area (TPSA) is 36.6 Å². The molecule has 2 heterocycles. The van der Waals surface area contributed by atoms with Crippen molar-refractivity contribution in [3.63, 3.8) is 0 Å². The third-order valence-electron chi connectivity index (χ3n) is 3.34. The molecule has 1 aromatic carbocycles. The maximum atomic E-state index is 9.90. The molecule has 0 aliphatic carbocycles. The van der Waals surface area contributed by atoms with Gasteiger partial charge in [0.15, 0.2) is 0 Å². The predicted molar refractivity (Wildman–Crippen MR) is 62.8 cm³/mol. The van der Waals surface area contributed by atoms with Crippen LogP contribution in [-0.4, -0.2) is 30.1 Å². The minimum Gasteiger partial charge on any atom is -0.507 e. The molecular weight excluding hydrogens is 202 g/mol. The number of aromatic hydroxyl groups is 1. The number of benzene rings is 1. The largest absolute Gasteiger partial charge is 0.507 e. The van der Waals surface area contributed by atoms with E-state index in [1.807, 2.05) is 12.1 Å². The van der Waals surface area contributed by atoms with Crippen LogP contribution in [0.2, 0.25) is 0 Å². The van der Waals surface area contributed by atoms with Crippen molar-refractivity contribution in [1.82, 2.24) is 4.90 Å². The van der Waals surface area contributed by atoms with Gasteiger partial charge in [0.05, 0.1) is 5.39 Å². The van der Waals surface area contributed by atoms with Gasteiger partial charge in [-0.05, 0) is 25.6 Å². The molecule has 0 radical (unpaired) electrons. The minimum absolute atomic E-state index is 0.340. The molecule has 0 saturated carbocycles. The van der Waals surface area contributed by atoms with Crippen molar-refractivity contribution in [2.24, 2.45) is 0 Å². The van der Waals surface area contributed by atoms with Gasteiger partial charge in [0.25, 0.3) is 0 Å². The summed E-state index contributed by atoms with van der Waals surface area (Å²) in [5.74, 6) is 1.38. The van der Waals surface area contributed by atoms with Gasteiger partial charge in [-0.2, -0.15) is 0 Å². The van der Waals surface area contributed by atoms with Crippen LogP contribution in [0.5, 0.6) is 5.75 Å². The highest BCUT2D eigenvalue weighted by Gasteiger charge is 2.20. The van der Waals surface area contributed by atoms with Crippen LogP contribution >= 0.6 is 0 Å². The molecular formula is C13H15NO2. The van der Waals surface area contributed by atoms with E-state index in [1.165, 1.54) is 5.56 Å². The van der Waals surface area contributed by atoms with E-state index in [1.54, 1.807) is 6.07 Å². The molecule has 0 atom stereocenters. The number of fused-ring (bicyclic) bond motifs is 3. The van der Waals surface area contributed by atoms with E-state index in [2.05, 4.69) is 11.9 Å². The summed E-state index contributed by atoms with van der Waals surface area (Å²) in [4.78, 5) is 2.29. The lowest BCUT2D eigenvalue weighted by atomic mass is 10.1. The van der Waals surface area contributed by atoms with Crippen molar-refractivity contribution in [2.75, 3.05) is 20.1 Å². The van der Waals surface area contributed by atoms with Gasteiger partial charge in [-0.15, -0.1) is 0 Å². The van der Waals surface area contributed by atoms with Gasteiger partial charge in [0.2, 0.25) is 0 Å². The monoisotopic (exact) mass is 217 g/mol. The van der Waals surface area contributed by atoms with Crippen LogP contribution in [-0.2, 0) is 12.8 Å². The first-order valence-corrected chi connectivity index (χ1v) is 5.66. The molecule has 0 fully saturated rings. The molecule has 84 valence electrons. The van der Waals surface area contributed by atoms with Crippen molar-refractivity contribution in [3.8, 4) is 5.75 Å². The summed E-state index contributed by atoms with van der Waals surface area (Å²) >= 11 is 0. The van der Waals surface area contributed by atoms with E-state index < -0.39 is 0 Å². The summed E-state index contributed by atoms with van der Waals surface area (Å²) in [6.07, 6.45) is 1.89. The lowest BCUT2D eigenvalue weighted by Gasteiger charge is -2.11. The van der Waals surface area contributed by atoms with Crippen LogP contribution in [0.1, 0.15) is 11.3 Å². The normalized spacial score (nSPS) is 17.3. The van der Waals surface area contributed by atoms with Gasteiger partial charge in [0.1, 0.15) is 17.1 Å². The van der Waals surface area contributed by atoms with Crippen molar-refractivity contribution >= 4 is 11.0 Å². The third-order valence-corrected chi connectivity index (χ3v) is 3.34. The first kappa shape index (κ1) is 9.73. The molecule has 1 aromatic heterocycles. The lowest BCUT2D eigenvalue weighted by Crippen LogP contribution is -2.20. The molecule has 2 aromatic rings. The molecule has 0 unspecified atom stereocenters. The zero-order valence-corrected chi connectivity index (χ0v) is 9.36. The van der Waals surface area contributed by atoms with E-state index in [9.17, 15) is 5.11 Å². The number of furan rings is 1. The maximum Gasteiger partial charge on any atom is 0.138 e. The Hall–Kier alpha value is -1.48. The fourth-order valence-electron chi connectivity index (χ4n) is 2.41. The molecule has 1 aliphatic rings. The van der Waals surface area contributed by atoms with Crippen molar-refractivity contribution in [1.29, 1.82) is 0 Å². The Morgan fingerprint density at radius 1 is 1.25 bits per heavy atom. The van der Waals surface area contributed by atoms with Crippen LogP contribution in [0.3, 0.4) is 0 Å². The quantitative estimate of drug-likeness (QED) is 0.734. The molecule has 0 amide bonds. The summed E-state index contributed by atoms with van der Waals surface area (Å²) in [5, 5.41) is 10.8. The molecule has 0 saturated heterocycles. The molecule has 0 spiro atoms. The molecule has 3 nitrogen and oxygen atoms in total. The smallest absolute Gasteiger partial charge is 0.138 e. The Kier molecular flexibility index (Phi) is 2.14. The second-order valence-corrected chi connectivity index (χ2v) is 4.46. The van der Waals surface area contributed by atoms with Gasteiger partial charge in [-0.3, -0.25) is 0 Å². The summed E-state index contributed by atoms with van der Waals surface area (Å²) in [6.45, 7) is 2.05. The maximum absolute atomic E-state index is 9.90. The Bertz CT molecular complexity index is 530. The minimum atomic E-state index is 0.340. The fourth-order valence-corrected chi connectivity index (χ4v) is 2.41. The molecule has 1 aliphatic heterocycles. The summed E-state index contributed by atoms with van der Waals surface area (Å²) in [5.41, 5.74) is 2.01. The van der Waals surface area contributed by atoms with Crippen molar-refractivity contribution in [2.45, 2.75) is 12.8 Å². The van der Waals surface area contributed by atoms with E-state index in [4.69, 9.17) is 4.42 Å². The number of nitrogens with zero attached hydrogens (tertiary/aromatic N) is 1. The lowest BCUT2D eigenvalue weighted by molar-refractivity contribution is 0.346. The van der Waals surface area contributed by atoms with Gasteiger partial charge in [0, 0.05) is 25.1 Å². The van der Waals surface area contributed by atoms with Gasteiger partial charge < -0.3 is 14.4 Å². The average molecular weight is 217 g/mol. The van der Waals surface area contributed by atoms with Crippen LogP contribution in [0.15, 0.2) is 22.6 Å². The third kappa shape index (κ3) is 1.39. The number of phenols is 1.